The van der Waals surface area contributed by atoms with Crippen LogP contribution in [0.25, 0.3) is 0 Å². The molecular weight excluding hydrogens is 276 g/mol. The molecule has 2 heterocycles. The Morgan fingerprint density at radius 3 is 2.76 bits per heavy atom. The molecule has 8 nitrogen and oxygen atoms in total. The van der Waals surface area contributed by atoms with Gasteiger partial charge in [-0.3, -0.25) is 4.68 Å². The zero-order valence-electron chi connectivity index (χ0n) is 12.4. The summed E-state index contributed by atoms with van der Waals surface area (Å²) in [5, 5.41) is 16.1. The molecule has 1 amide bonds. The van der Waals surface area contributed by atoms with Gasteiger partial charge in [0.25, 0.3) is 0 Å². The fraction of sp³-hybridized carbons (Fsp3) is 0.692. The summed E-state index contributed by atoms with van der Waals surface area (Å²) in [6, 6.07) is 0. The van der Waals surface area contributed by atoms with Crippen molar-refractivity contribution >= 4 is 12.1 Å². The molecule has 1 saturated heterocycles. The van der Waals surface area contributed by atoms with Gasteiger partial charge in [-0.1, -0.05) is 5.21 Å². The third-order valence-electron chi connectivity index (χ3n) is 3.14. The lowest BCUT2D eigenvalue weighted by atomic mass is 10.1. The zero-order chi connectivity index (χ0) is 15.6. The number of rotatable bonds is 3. The Morgan fingerprint density at radius 1 is 1.48 bits per heavy atom. The molecule has 0 saturated carbocycles. The van der Waals surface area contributed by atoms with E-state index < -0.39 is 11.6 Å². The molecule has 0 aliphatic carbocycles. The van der Waals surface area contributed by atoms with Crippen molar-refractivity contribution in [3.63, 3.8) is 0 Å². The summed E-state index contributed by atoms with van der Waals surface area (Å²) < 4.78 is 6.84. The first-order valence-corrected chi connectivity index (χ1v) is 6.86. The summed E-state index contributed by atoms with van der Waals surface area (Å²) in [5.41, 5.74) is -0.575. The topological polar surface area (TPSA) is 97.5 Å². The van der Waals surface area contributed by atoms with Crippen molar-refractivity contribution in [2.45, 2.75) is 39.3 Å². The first-order valence-electron chi connectivity index (χ1n) is 6.86. The maximum absolute atomic E-state index is 11.9. The number of hydrogen-bond donors (Lipinski definition) is 1. The van der Waals surface area contributed by atoms with Crippen molar-refractivity contribution in [1.82, 2.24) is 19.9 Å². The number of aromatic nitrogens is 3. The molecule has 1 fully saturated rings. The number of nitrogens with zero attached hydrogens (tertiary/aromatic N) is 4. The second kappa shape index (κ2) is 5.71. The minimum Gasteiger partial charge on any atom is -0.476 e. The Morgan fingerprint density at radius 2 is 2.19 bits per heavy atom. The molecule has 0 spiro atoms. The molecule has 2 rings (SSSR count). The second-order valence-corrected chi connectivity index (χ2v) is 6.21. The predicted octanol–water partition coefficient (Wildman–Crippen LogP) is 1.23. The third kappa shape index (κ3) is 4.17. The van der Waals surface area contributed by atoms with Gasteiger partial charge in [0.1, 0.15) is 5.60 Å². The lowest BCUT2D eigenvalue weighted by Crippen LogP contribution is -2.35. The van der Waals surface area contributed by atoms with Crippen LogP contribution in [-0.2, 0) is 11.3 Å². The van der Waals surface area contributed by atoms with Gasteiger partial charge in [-0.2, -0.15) is 0 Å². The smallest absolute Gasteiger partial charge is 0.410 e. The summed E-state index contributed by atoms with van der Waals surface area (Å²) in [6.07, 6.45) is 1.93. The minimum atomic E-state index is -1.09. The van der Waals surface area contributed by atoms with Crippen LogP contribution in [0.1, 0.15) is 37.7 Å². The van der Waals surface area contributed by atoms with Gasteiger partial charge in [-0.15, -0.1) is 5.10 Å². The molecule has 116 valence electrons. The Hall–Kier alpha value is -2.12. The van der Waals surface area contributed by atoms with E-state index in [-0.39, 0.29) is 17.7 Å². The maximum Gasteiger partial charge on any atom is 0.410 e. The molecule has 1 aliphatic heterocycles. The molecule has 21 heavy (non-hydrogen) atoms. The molecule has 8 heteroatoms. The van der Waals surface area contributed by atoms with Crippen molar-refractivity contribution in [1.29, 1.82) is 0 Å². The van der Waals surface area contributed by atoms with E-state index in [0.717, 1.165) is 6.42 Å². The molecule has 1 atom stereocenters. The van der Waals surface area contributed by atoms with Crippen LogP contribution in [0.3, 0.4) is 0 Å². The van der Waals surface area contributed by atoms with E-state index in [0.29, 0.717) is 19.6 Å². The number of carboxylic acids is 1. The molecule has 0 radical (unpaired) electrons. The highest BCUT2D eigenvalue weighted by atomic mass is 16.6. The molecule has 1 N–H and O–H groups in total. The summed E-state index contributed by atoms with van der Waals surface area (Å²) in [7, 11) is 0. The highest BCUT2D eigenvalue weighted by Gasteiger charge is 2.30. The number of ether oxygens (including phenoxy) is 1. The van der Waals surface area contributed by atoms with Gasteiger partial charge in [0.05, 0.1) is 6.20 Å². The lowest BCUT2D eigenvalue weighted by molar-refractivity contribution is 0.0286. The van der Waals surface area contributed by atoms with E-state index in [1.165, 1.54) is 10.9 Å². The number of hydrogen-bond acceptors (Lipinski definition) is 5. The largest absolute Gasteiger partial charge is 0.476 e. The maximum atomic E-state index is 11.9. The van der Waals surface area contributed by atoms with Crippen molar-refractivity contribution in [2.75, 3.05) is 13.1 Å². The highest BCUT2D eigenvalue weighted by Crippen LogP contribution is 2.20. The quantitative estimate of drug-likeness (QED) is 0.901. The monoisotopic (exact) mass is 296 g/mol. The van der Waals surface area contributed by atoms with Crippen LogP contribution in [0.15, 0.2) is 6.20 Å². The van der Waals surface area contributed by atoms with Crippen LogP contribution in [-0.4, -0.2) is 55.8 Å². The number of aromatic carboxylic acids is 1. The standard InChI is InChI=1S/C13H20N4O4/c1-13(2,3)21-12(20)16-5-4-9(6-16)7-17-8-10(11(18)19)14-15-17/h8-9H,4-7H2,1-3H3,(H,18,19)/t9-/m0/s1. The molecule has 0 aromatic carbocycles. The van der Waals surface area contributed by atoms with Gasteiger partial charge in [0.15, 0.2) is 5.69 Å². The van der Waals surface area contributed by atoms with Crippen molar-refractivity contribution in [3.05, 3.63) is 11.9 Å². The van der Waals surface area contributed by atoms with E-state index in [1.807, 2.05) is 20.8 Å². The fourth-order valence-electron chi connectivity index (χ4n) is 2.22. The molecule has 1 aromatic heterocycles. The van der Waals surface area contributed by atoms with E-state index in [1.54, 1.807) is 4.90 Å². The number of amides is 1. The average Bonchev–Trinajstić information content (AvgIpc) is 2.96. The number of carboxylic acid groups (broad SMARTS) is 1. The van der Waals surface area contributed by atoms with Crippen LogP contribution in [0.4, 0.5) is 4.79 Å². The first kappa shape index (κ1) is 15.3. The highest BCUT2D eigenvalue weighted by molar-refractivity contribution is 5.84. The SMILES string of the molecule is CC(C)(C)OC(=O)N1CC[C@H](Cn2cc(C(=O)O)nn2)C1. The molecule has 1 aliphatic rings. The van der Waals surface area contributed by atoms with Gasteiger partial charge in [-0.05, 0) is 33.1 Å². The second-order valence-electron chi connectivity index (χ2n) is 6.21. The van der Waals surface area contributed by atoms with Gasteiger partial charge in [-0.25, -0.2) is 9.59 Å². The Balaban J connectivity index is 1.87. The van der Waals surface area contributed by atoms with Crippen LogP contribution in [0, 0.1) is 5.92 Å². The Kier molecular flexibility index (Phi) is 4.15. The summed E-state index contributed by atoms with van der Waals surface area (Å²) in [4.78, 5) is 24.4. The molecule has 1 aromatic rings. The zero-order valence-corrected chi connectivity index (χ0v) is 12.4. The van der Waals surface area contributed by atoms with Crippen LogP contribution in [0.2, 0.25) is 0 Å². The molecular formula is C13H20N4O4. The van der Waals surface area contributed by atoms with Crippen molar-refractivity contribution < 1.29 is 19.4 Å². The van der Waals surface area contributed by atoms with Crippen LogP contribution < -0.4 is 0 Å². The fourth-order valence-corrected chi connectivity index (χ4v) is 2.22. The number of carbonyl (C=O) groups is 2. The summed E-state index contributed by atoms with van der Waals surface area (Å²) in [5.74, 6) is -0.871. The van der Waals surface area contributed by atoms with Crippen molar-refractivity contribution in [2.24, 2.45) is 5.92 Å². The lowest BCUT2D eigenvalue weighted by Gasteiger charge is -2.24. The van der Waals surface area contributed by atoms with Gasteiger partial charge in [0, 0.05) is 19.6 Å². The molecule has 0 bridgehead atoms. The van der Waals surface area contributed by atoms with E-state index >= 15 is 0 Å². The predicted molar refractivity (Wildman–Crippen MR) is 72.9 cm³/mol. The Bertz CT molecular complexity index is 535. The normalized spacial score (nSPS) is 18.8. The van der Waals surface area contributed by atoms with Gasteiger partial charge in [0.2, 0.25) is 0 Å². The van der Waals surface area contributed by atoms with E-state index in [4.69, 9.17) is 9.84 Å². The Labute approximate surface area is 122 Å². The first-order chi connectivity index (χ1) is 9.74. The van der Waals surface area contributed by atoms with Crippen molar-refractivity contribution in [3.8, 4) is 0 Å². The number of carbonyl (C=O) groups excluding carboxylic acids is 1. The van der Waals surface area contributed by atoms with Crippen LogP contribution >= 0.6 is 0 Å². The average molecular weight is 296 g/mol. The summed E-state index contributed by atoms with van der Waals surface area (Å²) in [6.45, 7) is 7.26. The van der Waals surface area contributed by atoms with E-state index in [9.17, 15) is 9.59 Å². The van der Waals surface area contributed by atoms with Gasteiger partial charge >= 0.3 is 12.1 Å². The van der Waals surface area contributed by atoms with E-state index in [2.05, 4.69) is 10.3 Å². The van der Waals surface area contributed by atoms with Gasteiger partial charge < -0.3 is 14.7 Å². The number of likely N-dealkylation sites (tertiary alicyclic amines) is 1. The summed E-state index contributed by atoms with van der Waals surface area (Å²) >= 11 is 0. The molecule has 0 unspecified atom stereocenters. The van der Waals surface area contributed by atoms with Crippen LogP contribution in [0.5, 0.6) is 0 Å². The third-order valence-corrected chi connectivity index (χ3v) is 3.14. The minimum absolute atomic E-state index is 0.0722.